The molecule has 1 aliphatic rings. The summed E-state index contributed by atoms with van der Waals surface area (Å²) >= 11 is 1.48. The number of hydrogen-bond donors (Lipinski definition) is 1. The van der Waals surface area contributed by atoms with Crippen molar-refractivity contribution in [3.63, 3.8) is 0 Å². The van der Waals surface area contributed by atoms with Crippen LogP contribution in [-0.4, -0.2) is 15.4 Å². The number of aryl methyl sites for hydroxylation is 1. The second-order valence-electron chi connectivity index (χ2n) is 4.60. The van der Waals surface area contributed by atoms with Crippen molar-refractivity contribution >= 4 is 16.7 Å². The van der Waals surface area contributed by atoms with E-state index in [1.54, 1.807) is 0 Å². The van der Waals surface area contributed by atoms with Gasteiger partial charge in [0.25, 0.3) is 0 Å². The van der Waals surface area contributed by atoms with E-state index >= 15 is 0 Å². The summed E-state index contributed by atoms with van der Waals surface area (Å²) in [7, 11) is 0. The quantitative estimate of drug-likeness (QED) is 0.785. The van der Waals surface area contributed by atoms with Crippen LogP contribution >= 0.6 is 11.5 Å². The molecule has 1 fully saturated rings. The molecule has 1 aromatic heterocycles. The third-order valence-corrected chi connectivity index (χ3v) is 3.85. The van der Waals surface area contributed by atoms with Crippen LogP contribution in [0.5, 0.6) is 0 Å². The van der Waals surface area contributed by atoms with Crippen molar-refractivity contribution in [2.75, 3.05) is 5.32 Å². The number of nitrogens with zero attached hydrogens (tertiary/aromatic N) is 2. The third-order valence-electron chi connectivity index (χ3n) is 3.11. The van der Waals surface area contributed by atoms with Crippen LogP contribution in [0.25, 0.3) is 0 Å². The Labute approximate surface area is 95.5 Å². The monoisotopic (exact) mass is 225 g/mol. The number of anilines is 1. The maximum Gasteiger partial charge on any atom is 0.202 e. The van der Waals surface area contributed by atoms with E-state index in [0.29, 0.717) is 6.04 Å². The van der Waals surface area contributed by atoms with Gasteiger partial charge >= 0.3 is 0 Å². The highest BCUT2D eigenvalue weighted by molar-refractivity contribution is 7.09. The molecule has 0 bridgehead atoms. The first kappa shape index (κ1) is 10.9. The van der Waals surface area contributed by atoms with Crippen LogP contribution in [0.15, 0.2) is 0 Å². The lowest BCUT2D eigenvalue weighted by Gasteiger charge is -2.14. The first-order valence-electron chi connectivity index (χ1n) is 5.81. The van der Waals surface area contributed by atoms with Crippen molar-refractivity contribution in [2.45, 2.75) is 52.0 Å². The average molecular weight is 225 g/mol. The molecule has 0 aromatic carbocycles. The molecule has 15 heavy (non-hydrogen) atoms. The molecule has 0 saturated heterocycles. The Morgan fingerprint density at radius 3 is 2.87 bits per heavy atom. The van der Waals surface area contributed by atoms with Gasteiger partial charge in [-0.25, -0.2) is 4.98 Å². The minimum absolute atomic E-state index is 0.613. The summed E-state index contributed by atoms with van der Waals surface area (Å²) in [6.45, 7) is 4.30. The van der Waals surface area contributed by atoms with Crippen LogP contribution in [0.4, 0.5) is 5.13 Å². The van der Waals surface area contributed by atoms with E-state index in [1.165, 1.54) is 43.6 Å². The summed E-state index contributed by atoms with van der Waals surface area (Å²) in [6.07, 6.45) is 6.63. The van der Waals surface area contributed by atoms with Crippen LogP contribution in [0.3, 0.4) is 0 Å². The largest absolute Gasteiger partial charge is 0.358 e. The first-order chi connectivity index (χ1) is 7.24. The number of hydrogen-bond acceptors (Lipinski definition) is 4. The number of rotatable bonds is 2. The fraction of sp³-hybridized carbons (Fsp3) is 0.818. The summed E-state index contributed by atoms with van der Waals surface area (Å²) in [4.78, 5) is 4.35. The van der Waals surface area contributed by atoms with E-state index in [1.807, 2.05) is 6.92 Å². The van der Waals surface area contributed by atoms with Crippen molar-refractivity contribution in [1.82, 2.24) is 9.36 Å². The summed E-state index contributed by atoms with van der Waals surface area (Å²) in [6, 6.07) is 0.613. The molecule has 1 aliphatic carbocycles. The predicted molar refractivity (Wildman–Crippen MR) is 64.3 cm³/mol. The zero-order chi connectivity index (χ0) is 10.7. The molecule has 2 atom stereocenters. The second kappa shape index (κ2) is 4.92. The molecule has 0 radical (unpaired) electrons. The van der Waals surface area contributed by atoms with Crippen LogP contribution < -0.4 is 5.32 Å². The Bertz CT molecular complexity index is 311. The molecule has 1 heterocycles. The molecular formula is C11H19N3S. The van der Waals surface area contributed by atoms with Gasteiger partial charge in [-0.1, -0.05) is 19.8 Å². The molecular weight excluding hydrogens is 206 g/mol. The minimum atomic E-state index is 0.613. The van der Waals surface area contributed by atoms with Gasteiger partial charge in [0.1, 0.15) is 5.82 Å². The van der Waals surface area contributed by atoms with Crippen molar-refractivity contribution in [1.29, 1.82) is 0 Å². The van der Waals surface area contributed by atoms with Crippen LogP contribution in [0.1, 0.15) is 44.9 Å². The predicted octanol–water partition coefficient (Wildman–Crippen LogP) is 3.23. The molecule has 84 valence electrons. The normalized spacial score (nSPS) is 27.3. The molecule has 4 heteroatoms. The maximum absolute atomic E-state index is 4.35. The maximum atomic E-state index is 4.35. The Hall–Kier alpha value is -0.640. The van der Waals surface area contributed by atoms with Crippen molar-refractivity contribution < 1.29 is 0 Å². The van der Waals surface area contributed by atoms with Crippen LogP contribution in [-0.2, 0) is 0 Å². The second-order valence-corrected chi connectivity index (χ2v) is 5.35. The molecule has 3 nitrogen and oxygen atoms in total. The van der Waals surface area contributed by atoms with Crippen molar-refractivity contribution in [3.05, 3.63) is 5.82 Å². The van der Waals surface area contributed by atoms with Gasteiger partial charge in [-0.3, -0.25) is 0 Å². The minimum Gasteiger partial charge on any atom is -0.358 e. The Morgan fingerprint density at radius 1 is 1.27 bits per heavy atom. The van der Waals surface area contributed by atoms with Crippen molar-refractivity contribution in [2.24, 2.45) is 5.92 Å². The molecule has 0 spiro atoms. The lowest BCUT2D eigenvalue weighted by Crippen LogP contribution is -2.18. The third kappa shape index (κ3) is 3.16. The van der Waals surface area contributed by atoms with E-state index in [0.717, 1.165) is 16.9 Å². The van der Waals surface area contributed by atoms with Gasteiger partial charge in [0.05, 0.1) is 0 Å². The van der Waals surface area contributed by atoms with Gasteiger partial charge in [0.2, 0.25) is 5.13 Å². The zero-order valence-corrected chi connectivity index (χ0v) is 10.3. The van der Waals surface area contributed by atoms with Gasteiger partial charge in [0.15, 0.2) is 0 Å². The van der Waals surface area contributed by atoms with Gasteiger partial charge in [0, 0.05) is 17.6 Å². The summed E-state index contributed by atoms with van der Waals surface area (Å²) in [5.41, 5.74) is 0. The lowest BCUT2D eigenvalue weighted by molar-refractivity contribution is 0.502. The lowest BCUT2D eigenvalue weighted by atomic mass is 10.0. The summed E-state index contributed by atoms with van der Waals surface area (Å²) in [5, 5.41) is 4.50. The zero-order valence-electron chi connectivity index (χ0n) is 9.49. The number of aromatic nitrogens is 2. The van der Waals surface area contributed by atoms with Gasteiger partial charge in [-0.15, -0.1) is 0 Å². The summed E-state index contributed by atoms with van der Waals surface area (Å²) in [5.74, 6) is 1.78. The average Bonchev–Trinajstić information content (AvgIpc) is 2.48. The molecule has 1 N–H and O–H groups in total. The number of nitrogens with one attached hydrogen (secondary N) is 1. The molecule has 0 aliphatic heterocycles. The van der Waals surface area contributed by atoms with Crippen LogP contribution in [0, 0.1) is 12.8 Å². The molecule has 2 unspecified atom stereocenters. The van der Waals surface area contributed by atoms with E-state index < -0.39 is 0 Å². The SMILES string of the molecule is Cc1nsc(NC2CCCC(C)CC2)n1. The first-order valence-corrected chi connectivity index (χ1v) is 6.58. The highest BCUT2D eigenvalue weighted by Gasteiger charge is 2.16. The Morgan fingerprint density at radius 2 is 2.13 bits per heavy atom. The van der Waals surface area contributed by atoms with Gasteiger partial charge < -0.3 is 5.32 Å². The molecule has 1 aromatic rings. The van der Waals surface area contributed by atoms with E-state index in [-0.39, 0.29) is 0 Å². The van der Waals surface area contributed by atoms with Gasteiger partial charge in [-0.2, -0.15) is 4.37 Å². The molecule has 2 rings (SSSR count). The van der Waals surface area contributed by atoms with E-state index in [9.17, 15) is 0 Å². The van der Waals surface area contributed by atoms with Crippen LogP contribution in [0.2, 0.25) is 0 Å². The molecule has 0 amide bonds. The van der Waals surface area contributed by atoms with Gasteiger partial charge in [-0.05, 0) is 32.1 Å². The molecule has 1 saturated carbocycles. The Kier molecular flexibility index (Phi) is 3.57. The van der Waals surface area contributed by atoms with Crippen molar-refractivity contribution in [3.8, 4) is 0 Å². The Balaban J connectivity index is 1.88. The fourth-order valence-corrected chi connectivity index (χ4v) is 2.81. The highest BCUT2D eigenvalue weighted by atomic mass is 32.1. The van der Waals surface area contributed by atoms with E-state index in [2.05, 4.69) is 21.6 Å². The highest BCUT2D eigenvalue weighted by Crippen LogP contribution is 2.25. The smallest absolute Gasteiger partial charge is 0.202 e. The summed E-state index contributed by atoms with van der Waals surface area (Å²) < 4.78 is 4.19. The standard InChI is InChI=1S/C11H19N3S/c1-8-4-3-5-10(7-6-8)13-11-12-9(2)14-15-11/h8,10H,3-7H2,1-2H3,(H,12,13,14). The fourth-order valence-electron chi connectivity index (χ4n) is 2.16. The topological polar surface area (TPSA) is 37.8 Å². The van der Waals surface area contributed by atoms with E-state index in [4.69, 9.17) is 0 Å².